The third-order valence-corrected chi connectivity index (χ3v) is 9.90. The van der Waals surface area contributed by atoms with Crippen molar-refractivity contribution in [3.8, 4) is 0 Å². The lowest BCUT2D eigenvalue weighted by Crippen LogP contribution is -2.50. The van der Waals surface area contributed by atoms with E-state index < -0.39 is 17.7 Å². The highest BCUT2D eigenvalue weighted by atomic mass is 35.5. The van der Waals surface area contributed by atoms with Gasteiger partial charge < -0.3 is 24.3 Å². The summed E-state index contributed by atoms with van der Waals surface area (Å²) in [5, 5.41) is 3.75. The number of hydrogen-bond acceptors (Lipinski definition) is 7. The van der Waals surface area contributed by atoms with Crippen LogP contribution in [0.25, 0.3) is 11.6 Å². The van der Waals surface area contributed by atoms with Crippen molar-refractivity contribution in [2.75, 3.05) is 32.8 Å². The number of fused-ring (bicyclic) bond motifs is 2. The number of carbonyl (C=O) groups is 2. The van der Waals surface area contributed by atoms with E-state index in [1.165, 1.54) is 0 Å². The quantitative estimate of drug-likeness (QED) is 0.342. The van der Waals surface area contributed by atoms with Gasteiger partial charge in [0.1, 0.15) is 5.60 Å². The van der Waals surface area contributed by atoms with Gasteiger partial charge in [0.2, 0.25) is 0 Å². The van der Waals surface area contributed by atoms with Crippen molar-refractivity contribution in [1.82, 2.24) is 29.7 Å². The molecule has 2 amide bonds. The zero-order valence-corrected chi connectivity index (χ0v) is 26.7. The number of ether oxygens (including phenoxy) is 2. The Morgan fingerprint density at radius 3 is 2.58 bits per heavy atom. The third-order valence-electron chi connectivity index (χ3n) is 9.66. The number of benzene rings is 1. The van der Waals surface area contributed by atoms with Gasteiger partial charge in [0.05, 0.1) is 42.6 Å². The van der Waals surface area contributed by atoms with E-state index in [9.17, 15) is 9.59 Å². The Morgan fingerprint density at radius 2 is 1.89 bits per heavy atom. The van der Waals surface area contributed by atoms with Crippen molar-refractivity contribution in [2.24, 2.45) is 12.5 Å². The van der Waals surface area contributed by atoms with Gasteiger partial charge in [0.15, 0.2) is 0 Å². The molecule has 3 heterocycles. The van der Waals surface area contributed by atoms with Gasteiger partial charge in [0.25, 0.3) is 0 Å². The lowest BCUT2D eigenvalue weighted by Gasteiger charge is -2.39. The number of aromatic nitrogens is 3. The second-order valence-electron chi connectivity index (χ2n) is 13.4. The van der Waals surface area contributed by atoms with Gasteiger partial charge in [-0.15, -0.1) is 0 Å². The predicted octanol–water partition coefficient (Wildman–Crippen LogP) is 5.99. The molecule has 1 saturated heterocycles. The summed E-state index contributed by atoms with van der Waals surface area (Å²) in [4.78, 5) is 39.6. The van der Waals surface area contributed by atoms with Crippen molar-refractivity contribution >= 4 is 35.4 Å². The van der Waals surface area contributed by atoms with Gasteiger partial charge in [-0.2, -0.15) is 0 Å². The van der Waals surface area contributed by atoms with Crippen LogP contribution in [0.5, 0.6) is 0 Å². The molecular weight excluding hydrogens is 592 g/mol. The smallest absolute Gasteiger partial charge is 0.409 e. The minimum absolute atomic E-state index is 0.150. The molecule has 2 atom stereocenters. The molecule has 0 bridgehead atoms. The number of hydrogen-bond donors (Lipinski definition) is 1. The van der Waals surface area contributed by atoms with Gasteiger partial charge in [-0.05, 0) is 79.1 Å². The number of imidazole rings is 1. The van der Waals surface area contributed by atoms with Gasteiger partial charge in [-0.1, -0.05) is 30.7 Å². The Morgan fingerprint density at radius 1 is 1.11 bits per heavy atom. The van der Waals surface area contributed by atoms with Gasteiger partial charge >= 0.3 is 12.2 Å². The number of alkyl carbamates (subject to hydrolysis) is 1. The summed E-state index contributed by atoms with van der Waals surface area (Å²) in [6.07, 6.45) is 10.6. The van der Waals surface area contributed by atoms with Crippen LogP contribution in [0.15, 0.2) is 49.1 Å². The van der Waals surface area contributed by atoms with E-state index in [-0.39, 0.29) is 17.6 Å². The number of rotatable bonds is 7. The first kappa shape index (κ1) is 29.8. The summed E-state index contributed by atoms with van der Waals surface area (Å²) in [6.45, 7) is 7.00. The van der Waals surface area contributed by atoms with E-state index in [1.54, 1.807) is 17.4 Å². The summed E-state index contributed by atoms with van der Waals surface area (Å²) in [5.74, 6) is 0. The molecule has 0 spiro atoms. The Bertz CT molecular complexity index is 1650. The maximum atomic E-state index is 13.3. The number of amides is 2. The van der Waals surface area contributed by atoms with Crippen LogP contribution in [0.1, 0.15) is 79.7 Å². The maximum Gasteiger partial charge on any atom is 0.409 e. The monoisotopic (exact) mass is 630 g/mol. The van der Waals surface area contributed by atoms with Crippen LogP contribution >= 0.6 is 11.6 Å². The molecule has 236 valence electrons. The number of piperazine rings is 1. The Labute approximate surface area is 268 Å². The molecule has 3 aliphatic carbocycles. The molecule has 2 aromatic heterocycles. The maximum absolute atomic E-state index is 13.3. The van der Waals surface area contributed by atoms with Crippen molar-refractivity contribution in [1.29, 1.82) is 0 Å². The summed E-state index contributed by atoms with van der Waals surface area (Å²) in [6, 6.07) is 9.13. The predicted molar refractivity (Wildman–Crippen MR) is 170 cm³/mol. The fourth-order valence-electron chi connectivity index (χ4n) is 6.25. The third kappa shape index (κ3) is 6.18. The van der Waals surface area contributed by atoms with Gasteiger partial charge in [-0.3, -0.25) is 9.88 Å². The minimum Gasteiger partial charge on any atom is -0.449 e. The molecule has 1 aromatic carbocycles. The lowest BCUT2D eigenvalue weighted by molar-refractivity contribution is 0.0580. The molecule has 1 N–H and O–H groups in total. The van der Waals surface area contributed by atoms with Gasteiger partial charge in [0, 0.05) is 49.9 Å². The summed E-state index contributed by atoms with van der Waals surface area (Å²) in [7, 11) is 1.91. The molecule has 1 aliphatic heterocycles. The van der Waals surface area contributed by atoms with E-state index >= 15 is 0 Å². The summed E-state index contributed by atoms with van der Waals surface area (Å²) < 4.78 is 13.4. The van der Waals surface area contributed by atoms with E-state index in [1.807, 2.05) is 42.9 Å². The Kier molecular flexibility index (Phi) is 7.60. The van der Waals surface area contributed by atoms with Crippen LogP contribution in [-0.4, -0.2) is 74.9 Å². The average Bonchev–Trinajstić information content (AvgIpc) is 3.92. The minimum atomic E-state index is -0.573. The SMILES string of the molecule is Cn1cncc1C(NC(=O)OC1(C)CC1)C1=Cc2cccnc2C(N2CCN(C(=O)OCC3(C)CC3)CC2)c2ccc(Cl)cc21. The van der Waals surface area contributed by atoms with Crippen molar-refractivity contribution < 1.29 is 19.1 Å². The van der Waals surface area contributed by atoms with E-state index in [0.29, 0.717) is 37.8 Å². The second-order valence-corrected chi connectivity index (χ2v) is 13.9. The number of nitrogens with zero attached hydrogens (tertiary/aromatic N) is 5. The van der Waals surface area contributed by atoms with Crippen LogP contribution in [0.4, 0.5) is 9.59 Å². The number of halogens is 1. The van der Waals surface area contributed by atoms with E-state index in [4.69, 9.17) is 26.1 Å². The van der Waals surface area contributed by atoms with Crippen LogP contribution in [0.3, 0.4) is 0 Å². The molecule has 2 saturated carbocycles. The van der Waals surface area contributed by atoms with Gasteiger partial charge in [-0.25, -0.2) is 14.6 Å². The van der Waals surface area contributed by atoms with Crippen LogP contribution in [-0.2, 0) is 16.5 Å². The topological polar surface area (TPSA) is 102 Å². The van der Waals surface area contributed by atoms with Crippen LogP contribution < -0.4 is 5.32 Å². The Hall–Kier alpha value is -3.89. The van der Waals surface area contributed by atoms with Crippen molar-refractivity contribution in [3.05, 3.63) is 82.2 Å². The number of carbonyl (C=O) groups excluding carboxylic acids is 2. The molecule has 3 fully saturated rings. The molecule has 7 rings (SSSR count). The first-order chi connectivity index (χ1) is 21.6. The number of aryl methyl sites for hydroxylation is 1. The standard InChI is InChI=1S/C34H39ClN6O4/c1-33(8-9-33)20-44-32(43)41-15-13-40(14-16-41)30-24-7-6-23(35)18-25(24)26(17-22-5-4-12-37-28(22)30)29(27-19-36-21-39(27)3)38-31(42)45-34(2)10-11-34/h4-7,12,17-19,21,29-30H,8-11,13-16,20H2,1-3H3,(H,38,42). The largest absolute Gasteiger partial charge is 0.449 e. The second kappa shape index (κ2) is 11.5. The zero-order chi connectivity index (χ0) is 31.3. The molecule has 3 aromatic rings. The molecule has 2 unspecified atom stereocenters. The Balaban J connectivity index is 1.23. The van der Waals surface area contributed by atoms with E-state index in [0.717, 1.165) is 59.3 Å². The van der Waals surface area contributed by atoms with E-state index in [2.05, 4.69) is 40.3 Å². The lowest BCUT2D eigenvalue weighted by atomic mass is 9.90. The number of pyridine rings is 1. The molecule has 4 aliphatic rings. The fourth-order valence-corrected chi connectivity index (χ4v) is 6.42. The first-order valence-corrected chi connectivity index (χ1v) is 16.1. The zero-order valence-electron chi connectivity index (χ0n) is 26.0. The molecule has 0 radical (unpaired) electrons. The van der Waals surface area contributed by atoms with Crippen LogP contribution in [0, 0.1) is 5.41 Å². The van der Waals surface area contributed by atoms with Crippen LogP contribution in [0.2, 0.25) is 5.02 Å². The fraction of sp³-hybridized carbons (Fsp3) is 0.471. The molecule has 10 nitrogen and oxygen atoms in total. The highest BCUT2D eigenvalue weighted by Gasteiger charge is 2.43. The molecule has 11 heteroatoms. The average molecular weight is 631 g/mol. The van der Waals surface area contributed by atoms with Crippen molar-refractivity contribution in [2.45, 2.75) is 57.2 Å². The summed E-state index contributed by atoms with van der Waals surface area (Å²) in [5.41, 5.74) is 5.18. The normalized spacial score (nSPS) is 21.8. The first-order valence-electron chi connectivity index (χ1n) is 15.7. The highest BCUT2D eigenvalue weighted by molar-refractivity contribution is 6.30. The molecular formula is C34H39ClN6O4. The molecule has 45 heavy (non-hydrogen) atoms. The van der Waals surface area contributed by atoms with Crippen molar-refractivity contribution in [3.63, 3.8) is 0 Å². The highest BCUT2D eigenvalue weighted by Crippen LogP contribution is 2.46. The summed E-state index contributed by atoms with van der Waals surface area (Å²) >= 11 is 6.68. The number of nitrogens with one attached hydrogen (secondary N) is 1.